The maximum atomic E-state index is 13.5. The van der Waals surface area contributed by atoms with Crippen molar-refractivity contribution in [2.24, 2.45) is 0 Å². The Bertz CT molecular complexity index is 1320. The van der Waals surface area contributed by atoms with Crippen molar-refractivity contribution in [1.82, 2.24) is 19.3 Å². The molecule has 0 spiro atoms. The van der Waals surface area contributed by atoms with E-state index in [2.05, 4.69) is 5.32 Å². The average molecular weight is 475 g/mol. The largest absolute Gasteiger partial charge is 0.444 e. The number of para-hydroxylation sites is 1. The molecular weight excluding hydrogens is 444 g/mol. The van der Waals surface area contributed by atoms with E-state index in [1.165, 1.54) is 8.97 Å². The van der Waals surface area contributed by atoms with Crippen LogP contribution >= 0.6 is 0 Å². The van der Waals surface area contributed by atoms with Gasteiger partial charge in [-0.15, -0.1) is 0 Å². The number of nitrogens with zero attached hydrogens (tertiary/aromatic N) is 3. The number of amides is 1. The van der Waals surface area contributed by atoms with Crippen molar-refractivity contribution in [3.8, 4) is 5.69 Å². The summed E-state index contributed by atoms with van der Waals surface area (Å²) >= 11 is 0. The Morgan fingerprint density at radius 1 is 1.00 bits per heavy atom. The fourth-order valence-corrected chi connectivity index (χ4v) is 3.73. The molecule has 0 aliphatic rings. The average Bonchev–Trinajstić information content (AvgIpc) is 3.30. The lowest BCUT2D eigenvalue weighted by atomic mass is 10.1. The highest BCUT2D eigenvalue weighted by molar-refractivity contribution is 5.68. The summed E-state index contributed by atoms with van der Waals surface area (Å²) in [6.07, 6.45) is 1.48. The van der Waals surface area contributed by atoms with Gasteiger partial charge in [0.25, 0.3) is 0 Å². The van der Waals surface area contributed by atoms with Gasteiger partial charge in [0.05, 0.1) is 18.3 Å². The molecule has 0 fully saturated rings. The van der Waals surface area contributed by atoms with E-state index in [4.69, 9.17) is 14.5 Å². The molecule has 0 bridgehead atoms. The molecule has 0 saturated heterocycles. The number of carbonyl (C=O) groups excluding carboxylic acids is 1. The highest BCUT2D eigenvalue weighted by Crippen LogP contribution is 2.20. The summed E-state index contributed by atoms with van der Waals surface area (Å²) in [6.45, 7) is 6.18. The second-order valence-corrected chi connectivity index (χ2v) is 9.19. The van der Waals surface area contributed by atoms with Crippen LogP contribution in [0.3, 0.4) is 0 Å². The molecule has 0 aliphatic carbocycles. The van der Waals surface area contributed by atoms with Crippen LogP contribution in [0.1, 0.15) is 44.6 Å². The van der Waals surface area contributed by atoms with E-state index in [9.17, 15) is 9.59 Å². The van der Waals surface area contributed by atoms with Gasteiger partial charge in [0.15, 0.2) is 0 Å². The highest BCUT2D eigenvalue weighted by Gasteiger charge is 2.25. The number of ether oxygens (including phenoxy) is 2. The first-order valence-corrected chi connectivity index (χ1v) is 11.6. The van der Waals surface area contributed by atoms with Crippen LogP contribution in [0.5, 0.6) is 0 Å². The Labute approximate surface area is 204 Å². The molecule has 2 aromatic heterocycles. The SMILES string of the molecule is CC(C)(C)OC(=O)NC(CCOCc1ccccc1)c1nc2cccn2c(=O)n1-c1ccccc1. The van der Waals surface area contributed by atoms with Crippen molar-refractivity contribution >= 4 is 11.7 Å². The zero-order valence-corrected chi connectivity index (χ0v) is 20.2. The van der Waals surface area contributed by atoms with E-state index in [0.29, 0.717) is 36.8 Å². The lowest BCUT2D eigenvalue weighted by Gasteiger charge is -2.25. The van der Waals surface area contributed by atoms with Gasteiger partial charge < -0.3 is 14.8 Å². The second kappa shape index (κ2) is 10.6. The van der Waals surface area contributed by atoms with Gasteiger partial charge in [-0.2, -0.15) is 0 Å². The van der Waals surface area contributed by atoms with Crippen LogP contribution in [0.15, 0.2) is 83.8 Å². The minimum atomic E-state index is -0.670. The normalized spacial score (nSPS) is 12.4. The Morgan fingerprint density at radius 3 is 2.37 bits per heavy atom. The summed E-state index contributed by atoms with van der Waals surface area (Å²) in [5.41, 5.74) is 1.26. The van der Waals surface area contributed by atoms with E-state index < -0.39 is 17.7 Å². The molecule has 1 N–H and O–H groups in total. The topological polar surface area (TPSA) is 86.9 Å². The van der Waals surface area contributed by atoms with E-state index in [0.717, 1.165) is 5.56 Å². The van der Waals surface area contributed by atoms with Gasteiger partial charge >= 0.3 is 11.8 Å². The first-order chi connectivity index (χ1) is 16.8. The quantitative estimate of drug-likeness (QED) is 0.376. The van der Waals surface area contributed by atoms with Crippen molar-refractivity contribution in [2.45, 2.75) is 45.4 Å². The van der Waals surface area contributed by atoms with Gasteiger partial charge in [0, 0.05) is 12.8 Å². The van der Waals surface area contributed by atoms with E-state index in [-0.39, 0.29) is 5.69 Å². The lowest BCUT2D eigenvalue weighted by Crippen LogP contribution is -2.39. The van der Waals surface area contributed by atoms with Crippen molar-refractivity contribution in [3.05, 3.63) is 101 Å². The molecule has 4 aromatic rings. The van der Waals surface area contributed by atoms with E-state index >= 15 is 0 Å². The van der Waals surface area contributed by atoms with Crippen LogP contribution in [-0.4, -0.2) is 32.3 Å². The molecule has 1 unspecified atom stereocenters. The number of rotatable bonds is 8. The minimum Gasteiger partial charge on any atom is -0.444 e. The number of carbonyl (C=O) groups is 1. The van der Waals surface area contributed by atoms with Crippen LogP contribution in [0, 0.1) is 0 Å². The third kappa shape index (κ3) is 6.16. The molecule has 2 aromatic carbocycles. The Hall–Kier alpha value is -3.91. The number of benzene rings is 2. The monoisotopic (exact) mass is 474 g/mol. The standard InChI is InChI=1S/C27H30N4O4/c1-27(2,3)35-25(32)28-22(16-18-34-19-20-11-6-4-7-12-20)24-29-23-15-10-17-30(23)26(33)31(24)21-13-8-5-9-14-21/h4-15,17,22H,16,18-19H2,1-3H3,(H,28,32). The molecule has 1 atom stereocenters. The van der Waals surface area contributed by atoms with Crippen molar-refractivity contribution < 1.29 is 14.3 Å². The molecule has 182 valence electrons. The third-order valence-electron chi connectivity index (χ3n) is 5.26. The summed E-state index contributed by atoms with van der Waals surface area (Å²) in [4.78, 5) is 31.0. The van der Waals surface area contributed by atoms with Crippen LogP contribution < -0.4 is 11.0 Å². The molecule has 35 heavy (non-hydrogen) atoms. The molecular formula is C27H30N4O4. The van der Waals surface area contributed by atoms with Crippen molar-refractivity contribution in [1.29, 1.82) is 0 Å². The maximum Gasteiger partial charge on any atom is 0.408 e. The van der Waals surface area contributed by atoms with Crippen LogP contribution in [-0.2, 0) is 16.1 Å². The molecule has 1 amide bonds. The zero-order chi connectivity index (χ0) is 24.8. The Morgan fingerprint density at radius 2 is 1.69 bits per heavy atom. The summed E-state index contributed by atoms with van der Waals surface area (Å²) in [7, 11) is 0. The van der Waals surface area contributed by atoms with Gasteiger partial charge in [-0.25, -0.2) is 19.1 Å². The Balaban J connectivity index is 1.67. The van der Waals surface area contributed by atoms with Gasteiger partial charge in [-0.1, -0.05) is 48.5 Å². The molecule has 8 nitrogen and oxygen atoms in total. The van der Waals surface area contributed by atoms with Crippen molar-refractivity contribution in [2.75, 3.05) is 6.61 Å². The smallest absolute Gasteiger partial charge is 0.408 e. The van der Waals surface area contributed by atoms with E-state index in [1.807, 2.05) is 60.7 Å². The summed E-state index contributed by atoms with van der Waals surface area (Å²) in [5, 5.41) is 2.91. The van der Waals surface area contributed by atoms with Crippen LogP contribution in [0.2, 0.25) is 0 Å². The van der Waals surface area contributed by atoms with Crippen LogP contribution in [0.25, 0.3) is 11.3 Å². The number of aromatic nitrogens is 3. The molecule has 4 rings (SSSR count). The number of hydrogen-bond acceptors (Lipinski definition) is 5. The molecule has 0 radical (unpaired) electrons. The molecule has 0 aliphatic heterocycles. The lowest BCUT2D eigenvalue weighted by molar-refractivity contribution is 0.0477. The molecule has 8 heteroatoms. The fourth-order valence-electron chi connectivity index (χ4n) is 3.73. The van der Waals surface area contributed by atoms with Gasteiger partial charge in [0.1, 0.15) is 17.1 Å². The third-order valence-corrected chi connectivity index (χ3v) is 5.26. The van der Waals surface area contributed by atoms with Gasteiger partial charge in [-0.3, -0.25) is 4.40 Å². The van der Waals surface area contributed by atoms with E-state index in [1.54, 1.807) is 39.1 Å². The zero-order valence-electron chi connectivity index (χ0n) is 20.2. The predicted octanol–water partition coefficient (Wildman–Crippen LogP) is 4.66. The Kier molecular flexibility index (Phi) is 7.31. The van der Waals surface area contributed by atoms with Gasteiger partial charge in [0.2, 0.25) is 0 Å². The molecule has 2 heterocycles. The number of alkyl carbamates (subject to hydrolysis) is 1. The predicted molar refractivity (Wildman–Crippen MR) is 134 cm³/mol. The maximum absolute atomic E-state index is 13.5. The molecule has 0 saturated carbocycles. The minimum absolute atomic E-state index is 0.276. The summed E-state index contributed by atoms with van der Waals surface area (Å²) < 4.78 is 14.4. The number of nitrogens with one attached hydrogen (secondary N) is 1. The fraction of sp³-hybridized carbons (Fsp3) is 0.296. The first-order valence-electron chi connectivity index (χ1n) is 11.6. The summed E-state index contributed by atoms with van der Waals surface area (Å²) in [6, 6.07) is 22.0. The van der Waals surface area contributed by atoms with Gasteiger partial charge in [-0.05, 0) is 57.0 Å². The highest BCUT2D eigenvalue weighted by atomic mass is 16.6. The van der Waals surface area contributed by atoms with Crippen LogP contribution in [0.4, 0.5) is 4.79 Å². The first kappa shape index (κ1) is 24.2. The second-order valence-electron chi connectivity index (χ2n) is 9.19. The number of fused-ring (bicyclic) bond motifs is 1. The summed E-state index contributed by atoms with van der Waals surface area (Å²) in [5.74, 6) is 0.404. The van der Waals surface area contributed by atoms with Crippen molar-refractivity contribution in [3.63, 3.8) is 0 Å². The number of hydrogen-bond donors (Lipinski definition) is 1.